The van der Waals surface area contributed by atoms with Crippen LogP contribution in [-0.4, -0.2) is 13.7 Å². The molecule has 0 radical (unpaired) electrons. The summed E-state index contributed by atoms with van der Waals surface area (Å²) in [6.45, 7) is 5.11. The lowest BCUT2D eigenvalue weighted by Gasteiger charge is -2.14. The van der Waals surface area contributed by atoms with Crippen LogP contribution in [0.15, 0.2) is 18.2 Å². The average Bonchev–Trinajstić information content (AvgIpc) is 2.28. The quantitative estimate of drug-likeness (QED) is 0.805. The van der Waals surface area contributed by atoms with Gasteiger partial charge in [0, 0.05) is 0 Å². The lowest BCUT2D eigenvalue weighted by Crippen LogP contribution is -2.05. The Bertz CT molecular complexity index is 309. The third-order valence-corrected chi connectivity index (χ3v) is 2.85. The van der Waals surface area contributed by atoms with Gasteiger partial charge in [0.1, 0.15) is 5.75 Å². The molecule has 0 aliphatic heterocycles. The van der Waals surface area contributed by atoms with Crippen molar-refractivity contribution in [3.63, 3.8) is 0 Å². The molecule has 15 heavy (non-hydrogen) atoms. The number of rotatable bonds is 5. The largest absolute Gasteiger partial charge is 0.496 e. The molecule has 1 aromatic carbocycles. The van der Waals surface area contributed by atoms with Gasteiger partial charge in [0.25, 0.3) is 0 Å². The molecule has 2 N–H and O–H groups in total. The topological polar surface area (TPSA) is 35.2 Å². The first-order chi connectivity index (χ1) is 7.22. The summed E-state index contributed by atoms with van der Waals surface area (Å²) < 4.78 is 5.31. The van der Waals surface area contributed by atoms with E-state index in [9.17, 15) is 0 Å². The molecular weight excluding hydrogens is 186 g/mol. The second kappa shape index (κ2) is 5.76. The summed E-state index contributed by atoms with van der Waals surface area (Å²) in [6.07, 6.45) is 2.04. The Kier molecular flexibility index (Phi) is 4.63. The number of hydrogen-bond acceptors (Lipinski definition) is 2. The Morgan fingerprint density at radius 2 is 2.13 bits per heavy atom. The molecule has 0 aliphatic rings. The minimum atomic E-state index is 0.534. The van der Waals surface area contributed by atoms with Crippen LogP contribution in [0.5, 0.6) is 5.75 Å². The van der Waals surface area contributed by atoms with Crippen LogP contribution in [0.1, 0.15) is 37.3 Å². The molecule has 2 nitrogen and oxygen atoms in total. The number of methoxy groups -OCH3 is 1. The van der Waals surface area contributed by atoms with Gasteiger partial charge in [-0.3, -0.25) is 0 Å². The maximum Gasteiger partial charge on any atom is 0.122 e. The Balaban J connectivity index is 2.92. The van der Waals surface area contributed by atoms with Crippen molar-refractivity contribution in [2.45, 2.75) is 32.6 Å². The van der Waals surface area contributed by atoms with E-state index in [1.54, 1.807) is 7.11 Å². The van der Waals surface area contributed by atoms with E-state index < -0.39 is 0 Å². The summed E-state index contributed by atoms with van der Waals surface area (Å²) in [5.74, 6) is 1.52. The second-order valence-electron chi connectivity index (χ2n) is 3.90. The lowest BCUT2D eigenvalue weighted by molar-refractivity contribution is 0.410. The maximum atomic E-state index is 5.57. The van der Waals surface area contributed by atoms with Crippen molar-refractivity contribution < 1.29 is 4.74 Å². The van der Waals surface area contributed by atoms with Crippen molar-refractivity contribution >= 4 is 0 Å². The predicted octanol–water partition coefficient (Wildman–Crippen LogP) is 2.71. The lowest BCUT2D eigenvalue weighted by atomic mass is 9.95. The van der Waals surface area contributed by atoms with Crippen molar-refractivity contribution in [2.75, 3.05) is 13.7 Å². The van der Waals surface area contributed by atoms with E-state index in [-0.39, 0.29) is 0 Å². The molecule has 0 amide bonds. The van der Waals surface area contributed by atoms with Gasteiger partial charge in [-0.1, -0.05) is 26.0 Å². The van der Waals surface area contributed by atoms with Gasteiger partial charge in [-0.25, -0.2) is 0 Å². The van der Waals surface area contributed by atoms with E-state index in [2.05, 4.69) is 32.0 Å². The van der Waals surface area contributed by atoms with E-state index >= 15 is 0 Å². The van der Waals surface area contributed by atoms with E-state index in [4.69, 9.17) is 10.5 Å². The van der Waals surface area contributed by atoms with E-state index in [1.165, 1.54) is 11.1 Å². The Hall–Kier alpha value is -1.02. The third-order valence-electron chi connectivity index (χ3n) is 2.85. The predicted molar refractivity (Wildman–Crippen MR) is 64.5 cm³/mol. The highest BCUT2D eigenvalue weighted by Gasteiger charge is 2.07. The molecule has 84 valence electrons. The number of ether oxygens (including phenoxy) is 1. The zero-order valence-electron chi connectivity index (χ0n) is 9.92. The standard InChI is InChI=1S/C13H21NO/c1-4-11-9-12(10(2)7-8-14)5-6-13(11)15-3/h5-6,9-10H,4,7-8,14H2,1-3H3. The summed E-state index contributed by atoms with van der Waals surface area (Å²) in [6, 6.07) is 6.43. The maximum absolute atomic E-state index is 5.57. The van der Waals surface area contributed by atoms with Crippen LogP contribution in [0.2, 0.25) is 0 Å². The highest BCUT2D eigenvalue weighted by atomic mass is 16.5. The smallest absolute Gasteiger partial charge is 0.122 e. The fourth-order valence-corrected chi connectivity index (χ4v) is 1.80. The van der Waals surface area contributed by atoms with Crippen LogP contribution in [0.4, 0.5) is 0 Å². The fourth-order valence-electron chi connectivity index (χ4n) is 1.80. The summed E-state index contributed by atoms with van der Waals surface area (Å²) in [5, 5.41) is 0. The van der Waals surface area contributed by atoms with Crippen molar-refractivity contribution in [2.24, 2.45) is 5.73 Å². The molecule has 0 aromatic heterocycles. The van der Waals surface area contributed by atoms with Gasteiger partial charge < -0.3 is 10.5 Å². The molecule has 0 fully saturated rings. The molecule has 2 heteroatoms. The molecule has 1 unspecified atom stereocenters. The Labute approximate surface area is 92.4 Å². The molecule has 0 spiro atoms. The van der Waals surface area contributed by atoms with Gasteiger partial charge >= 0.3 is 0 Å². The number of nitrogens with two attached hydrogens (primary N) is 1. The van der Waals surface area contributed by atoms with Crippen LogP contribution < -0.4 is 10.5 Å². The molecule has 0 heterocycles. The Morgan fingerprint density at radius 1 is 1.40 bits per heavy atom. The van der Waals surface area contributed by atoms with Gasteiger partial charge in [-0.15, -0.1) is 0 Å². The van der Waals surface area contributed by atoms with Gasteiger partial charge in [-0.05, 0) is 42.5 Å². The fraction of sp³-hybridized carbons (Fsp3) is 0.538. The molecule has 0 saturated carbocycles. The summed E-state index contributed by atoms with van der Waals surface area (Å²) in [7, 11) is 1.72. The molecule has 1 aromatic rings. The minimum Gasteiger partial charge on any atom is -0.496 e. The summed E-state index contributed by atoms with van der Waals surface area (Å²) >= 11 is 0. The monoisotopic (exact) mass is 207 g/mol. The van der Waals surface area contributed by atoms with Gasteiger partial charge in [-0.2, -0.15) is 0 Å². The van der Waals surface area contributed by atoms with Crippen molar-refractivity contribution in [1.82, 2.24) is 0 Å². The number of hydrogen-bond donors (Lipinski definition) is 1. The molecule has 0 bridgehead atoms. The first kappa shape index (κ1) is 12.1. The van der Waals surface area contributed by atoms with E-state index in [0.29, 0.717) is 5.92 Å². The van der Waals surface area contributed by atoms with Gasteiger partial charge in [0.05, 0.1) is 7.11 Å². The summed E-state index contributed by atoms with van der Waals surface area (Å²) in [5.41, 5.74) is 8.20. The highest BCUT2D eigenvalue weighted by molar-refractivity contribution is 5.38. The van der Waals surface area contributed by atoms with Crippen LogP contribution >= 0.6 is 0 Å². The van der Waals surface area contributed by atoms with E-state index in [0.717, 1.165) is 25.1 Å². The number of benzene rings is 1. The molecule has 0 aliphatic carbocycles. The van der Waals surface area contributed by atoms with Crippen molar-refractivity contribution in [1.29, 1.82) is 0 Å². The third kappa shape index (κ3) is 2.96. The zero-order chi connectivity index (χ0) is 11.3. The van der Waals surface area contributed by atoms with Gasteiger partial charge in [0.15, 0.2) is 0 Å². The normalized spacial score (nSPS) is 12.5. The van der Waals surface area contributed by atoms with Crippen molar-refractivity contribution in [3.8, 4) is 5.75 Å². The van der Waals surface area contributed by atoms with Crippen molar-refractivity contribution in [3.05, 3.63) is 29.3 Å². The number of aryl methyl sites for hydroxylation is 1. The molecule has 1 atom stereocenters. The van der Waals surface area contributed by atoms with Crippen LogP contribution in [0.3, 0.4) is 0 Å². The second-order valence-corrected chi connectivity index (χ2v) is 3.90. The molecule has 0 saturated heterocycles. The highest BCUT2D eigenvalue weighted by Crippen LogP contribution is 2.25. The molecular formula is C13H21NO. The van der Waals surface area contributed by atoms with Crippen LogP contribution in [0, 0.1) is 0 Å². The van der Waals surface area contributed by atoms with Crippen LogP contribution in [0.25, 0.3) is 0 Å². The minimum absolute atomic E-state index is 0.534. The zero-order valence-corrected chi connectivity index (χ0v) is 9.92. The Morgan fingerprint density at radius 3 is 2.67 bits per heavy atom. The SMILES string of the molecule is CCc1cc(C(C)CCN)ccc1OC. The van der Waals surface area contributed by atoms with E-state index in [1.807, 2.05) is 0 Å². The first-order valence-electron chi connectivity index (χ1n) is 5.59. The first-order valence-corrected chi connectivity index (χ1v) is 5.59. The van der Waals surface area contributed by atoms with Crippen LogP contribution in [-0.2, 0) is 6.42 Å². The van der Waals surface area contributed by atoms with Gasteiger partial charge in [0.2, 0.25) is 0 Å². The average molecular weight is 207 g/mol. The molecule has 1 rings (SSSR count). The summed E-state index contributed by atoms with van der Waals surface area (Å²) in [4.78, 5) is 0.